The Morgan fingerprint density at radius 1 is 0.629 bits per heavy atom. The first kappa shape index (κ1) is 55.7. The fourth-order valence-electron chi connectivity index (χ4n) is 5.25. The summed E-state index contributed by atoms with van der Waals surface area (Å²) in [6, 6.07) is 16.6. The molecule has 4 rings (SSSR count). The van der Waals surface area contributed by atoms with Crippen LogP contribution in [0.15, 0.2) is 94.7 Å². The molecule has 0 spiro atoms. The second-order valence-electron chi connectivity index (χ2n) is 12.5. The van der Waals surface area contributed by atoms with Crippen LogP contribution >= 0.6 is 0 Å². The summed E-state index contributed by atoms with van der Waals surface area (Å²) in [5, 5.41) is 17.2. The maximum Gasteiger partial charge on any atom is 1.00 e. The fraction of sp³-hybridized carbons (Fsp3) is 0.381. The molecule has 0 saturated heterocycles. The molecule has 1 saturated carbocycles. The predicted molar refractivity (Wildman–Crippen MR) is 223 cm³/mol. The molecule has 62 heavy (non-hydrogen) atoms. The van der Waals surface area contributed by atoms with Crippen LogP contribution in [0.5, 0.6) is 0 Å². The van der Waals surface area contributed by atoms with E-state index in [1.54, 1.807) is 26.0 Å². The standard InChI is InChI=1S/C16H14NO8S2.C16H18O4.C10H20O4.Na/c1-24-15(18)11-5-3-7-13(9-11)26(20,21)17-27(22,23)14-8-4-6-12(10-14)16(19)25-2;1-3-19-15(17)11-9-13-5-7-14(8-6-13)10-12-16(18)20-4-2;11-5-7-13-9-1-2-10(4-3-9)14-8-6-12;/h3-10H,1-2H3;5-12H,3-4H2,1-2H3;9-12H,1-8H2;/q-1;;;+1/b;11-9+,12-10+;;. The summed E-state index contributed by atoms with van der Waals surface area (Å²) in [5.74, 6) is -2.31. The number of carbonyl (C=O) groups is 4. The zero-order valence-corrected chi connectivity index (χ0v) is 39.0. The number of nitrogens with zero attached hydrogens (tertiary/aromatic N) is 1. The Hall–Kier alpha value is -4.28. The molecule has 0 heterocycles. The Labute approximate surface area is 384 Å². The Morgan fingerprint density at radius 2 is 0.984 bits per heavy atom. The van der Waals surface area contributed by atoms with Gasteiger partial charge in [0.2, 0.25) is 0 Å². The zero-order chi connectivity index (χ0) is 45.3. The largest absolute Gasteiger partial charge is 1.00 e. The number of rotatable bonds is 18. The number of hydrogen-bond acceptors (Lipinski definition) is 16. The van der Waals surface area contributed by atoms with Crippen molar-refractivity contribution in [3.05, 3.63) is 111 Å². The first-order chi connectivity index (χ1) is 29.1. The second kappa shape index (κ2) is 29.9. The maximum absolute atomic E-state index is 12.4. The third kappa shape index (κ3) is 20.7. The van der Waals surface area contributed by atoms with Crippen molar-refractivity contribution in [2.75, 3.05) is 53.9 Å². The number of carbonyl (C=O) groups excluding carboxylic acids is 4. The molecule has 1 aliphatic carbocycles. The summed E-state index contributed by atoms with van der Waals surface area (Å²) in [6.07, 6.45) is 10.7. The molecule has 0 atom stereocenters. The molecule has 0 amide bonds. The molecule has 17 nitrogen and oxygen atoms in total. The van der Waals surface area contributed by atoms with Gasteiger partial charge in [0.25, 0.3) is 0 Å². The van der Waals surface area contributed by atoms with Crippen molar-refractivity contribution in [2.45, 2.75) is 61.5 Å². The SMILES string of the molecule is CCOC(=O)/C=C/c1ccc(/C=C/C(=O)OCC)cc1.COC(=O)c1cccc(S(=O)(=O)[N-]S(=O)(=O)c2cccc(C(=O)OC)c2)c1.OCCOC1CCC(OCCO)CC1.[Na+]. The first-order valence-electron chi connectivity index (χ1n) is 19.0. The van der Waals surface area contributed by atoms with Crippen LogP contribution in [0.4, 0.5) is 0 Å². The number of methoxy groups -OCH3 is 2. The molecule has 20 heteroatoms. The van der Waals surface area contributed by atoms with Gasteiger partial charge in [-0.1, -0.05) is 36.4 Å². The number of sulfonamides is 2. The van der Waals surface area contributed by atoms with Gasteiger partial charge >= 0.3 is 53.4 Å². The van der Waals surface area contributed by atoms with Crippen molar-refractivity contribution in [1.29, 1.82) is 0 Å². The molecule has 334 valence electrons. The van der Waals surface area contributed by atoms with Crippen LogP contribution in [-0.4, -0.2) is 117 Å². The van der Waals surface area contributed by atoms with Gasteiger partial charge in [-0.05, 0) is 99.2 Å². The quantitative estimate of drug-likeness (QED) is 0.0801. The van der Waals surface area contributed by atoms with Crippen molar-refractivity contribution in [2.24, 2.45) is 0 Å². The first-order valence-corrected chi connectivity index (χ1v) is 21.9. The van der Waals surface area contributed by atoms with Gasteiger partial charge in [0.1, 0.15) is 20.0 Å². The normalized spacial score (nSPS) is 14.9. The third-order valence-corrected chi connectivity index (χ3v) is 11.4. The minimum atomic E-state index is -4.66. The Balaban J connectivity index is 0.000000486. The van der Waals surface area contributed by atoms with Gasteiger partial charge in [0.05, 0.1) is 77.2 Å². The molecule has 0 aliphatic heterocycles. The van der Waals surface area contributed by atoms with E-state index in [4.69, 9.17) is 29.2 Å². The number of aliphatic hydroxyl groups excluding tert-OH is 2. The van der Waals surface area contributed by atoms with E-state index in [9.17, 15) is 36.0 Å². The van der Waals surface area contributed by atoms with Crippen molar-refractivity contribution in [3.63, 3.8) is 0 Å². The molecule has 3 aromatic carbocycles. The van der Waals surface area contributed by atoms with E-state index in [0.29, 0.717) is 26.4 Å². The van der Waals surface area contributed by atoms with E-state index in [0.717, 1.165) is 75.3 Å². The van der Waals surface area contributed by atoms with E-state index in [2.05, 4.69) is 13.6 Å². The van der Waals surface area contributed by atoms with Crippen molar-refractivity contribution in [3.8, 4) is 0 Å². The molecule has 1 aliphatic rings. The maximum atomic E-state index is 12.4. The second-order valence-corrected chi connectivity index (χ2v) is 15.9. The van der Waals surface area contributed by atoms with Crippen molar-refractivity contribution >= 4 is 56.1 Å². The van der Waals surface area contributed by atoms with Crippen LogP contribution in [0.25, 0.3) is 16.3 Å². The van der Waals surface area contributed by atoms with E-state index >= 15 is 0 Å². The summed E-state index contributed by atoms with van der Waals surface area (Å²) in [6.45, 7) is 5.32. The Kier molecular flexibility index (Phi) is 26.9. The monoisotopic (exact) mass is 913 g/mol. The molecule has 0 bridgehead atoms. The predicted octanol–water partition coefficient (Wildman–Crippen LogP) is 1.87. The molecular formula is C42H52NNaO16S2. The Morgan fingerprint density at radius 3 is 1.29 bits per heavy atom. The van der Waals surface area contributed by atoms with Gasteiger partial charge in [-0.2, -0.15) is 0 Å². The number of aliphatic hydroxyl groups is 2. The number of hydrogen-bond donors (Lipinski definition) is 2. The van der Waals surface area contributed by atoms with E-state index in [1.165, 1.54) is 36.4 Å². The number of benzene rings is 3. The summed E-state index contributed by atoms with van der Waals surface area (Å²) >= 11 is 0. The van der Waals surface area contributed by atoms with Crippen LogP contribution in [-0.2, 0) is 58.1 Å². The molecule has 2 N–H and O–H groups in total. The van der Waals surface area contributed by atoms with Gasteiger partial charge in [-0.15, -0.1) is 0 Å². The minimum Gasteiger partial charge on any atom is -0.465 e. The average Bonchev–Trinajstić information content (AvgIpc) is 3.26. The average molecular weight is 914 g/mol. The van der Waals surface area contributed by atoms with Gasteiger partial charge in [0.15, 0.2) is 0 Å². The molecule has 1 fully saturated rings. The molecular weight excluding hydrogens is 862 g/mol. The van der Waals surface area contributed by atoms with Crippen LogP contribution in [0.1, 0.15) is 71.4 Å². The number of esters is 4. The summed E-state index contributed by atoms with van der Waals surface area (Å²) in [5.41, 5.74) is 1.59. The van der Waals surface area contributed by atoms with Crippen LogP contribution in [0.3, 0.4) is 0 Å². The van der Waals surface area contributed by atoms with Crippen LogP contribution < -0.4 is 29.6 Å². The third-order valence-electron chi connectivity index (χ3n) is 8.15. The van der Waals surface area contributed by atoms with Crippen LogP contribution in [0, 0.1) is 0 Å². The zero-order valence-electron chi connectivity index (χ0n) is 35.3. The fourth-order valence-corrected chi connectivity index (χ4v) is 8.02. The van der Waals surface area contributed by atoms with Gasteiger partial charge in [-0.25, -0.2) is 36.0 Å². The van der Waals surface area contributed by atoms with Gasteiger partial charge < -0.3 is 42.8 Å². The molecule has 3 aromatic rings. The molecule has 0 radical (unpaired) electrons. The van der Waals surface area contributed by atoms with E-state index in [1.807, 2.05) is 24.3 Å². The smallest absolute Gasteiger partial charge is 0.465 e. The van der Waals surface area contributed by atoms with Gasteiger partial charge in [-0.3, -0.25) is 0 Å². The Bertz CT molecular complexity index is 1980. The molecule has 0 unspecified atom stereocenters. The van der Waals surface area contributed by atoms with Gasteiger partial charge in [0, 0.05) is 21.9 Å². The summed E-state index contributed by atoms with van der Waals surface area (Å²) < 4.78 is 81.9. The number of ether oxygens (including phenoxy) is 6. The van der Waals surface area contributed by atoms with Crippen molar-refractivity contribution in [1.82, 2.24) is 0 Å². The van der Waals surface area contributed by atoms with E-state index in [-0.39, 0.29) is 78.0 Å². The minimum absolute atomic E-state index is 0. The molecule has 0 aromatic heterocycles. The van der Waals surface area contributed by atoms with Crippen LogP contribution in [0.2, 0.25) is 0 Å². The summed E-state index contributed by atoms with van der Waals surface area (Å²) in [7, 11) is -7.08. The summed E-state index contributed by atoms with van der Waals surface area (Å²) in [4.78, 5) is 44.3. The van der Waals surface area contributed by atoms with E-state index < -0.39 is 41.8 Å². The van der Waals surface area contributed by atoms with Crippen molar-refractivity contribution < 1.29 is 104 Å². The topological polar surface area (TPSA) is 246 Å².